The summed E-state index contributed by atoms with van der Waals surface area (Å²) in [4.78, 5) is 0. The molecule has 0 saturated carbocycles. The van der Waals surface area contributed by atoms with E-state index in [0.717, 1.165) is 54.2 Å². The van der Waals surface area contributed by atoms with E-state index in [0.29, 0.717) is 5.39 Å². The van der Waals surface area contributed by atoms with Crippen LogP contribution in [0.25, 0.3) is 10.8 Å². The summed E-state index contributed by atoms with van der Waals surface area (Å²) in [7, 11) is 0. The molecule has 0 aliphatic rings. The number of aryl methyl sites for hydroxylation is 2. The predicted octanol–water partition coefficient (Wildman–Crippen LogP) is 6.67. The Morgan fingerprint density at radius 2 is 1.50 bits per heavy atom. The van der Waals surface area contributed by atoms with Crippen LogP contribution in [0.1, 0.15) is 55.4 Å². The lowest BCUT2D eigenvalue weighted by molar-refractivity contribution is 0.614. The molecule has 0 nitrogen and oxygen atoms in total. The van der Waals surface area contributed by atoms with Crippen molar-refractivity contribution in [1.29, 1.82) is 0 Å². The number of hydrogen-bond donors (Lipinski definition) is 0. The second-order valence-electron chi connectivity index (χ2n) is 6.78. The third-order valence-corrected chi connectivity index (χ3v) is 4.68. The van der Waals surface area contributed by atoms with Gasteiger partial charge in [0.1, 0.15) is 5.82 Å². The molecular weight excluding hydrogens is 319 g/mol. The Hall–Kier alpha value is -2.59. The van der Waals surface area contributed by atoms with Gasteiger partial charge in [0.2, 0.25) is 0 Å². The highest BCUT2D eigenvalue weighted by atomic mass is 19.1. The molecule has 0 bridgehead atoms. The quantitative estimate of drug-likeness (QED) is 0.453. The molecule has 0 amide bonds. The van der Waals surface area contributed by atoms with Crippen molar-refractivity contribution in [3.8, 4) is 11.8 Å². The molecular formula is C25H25F. The number of benzene rings is 3. The highest BCUT2D eigenvalue weighted by molar-refractivity contribution is 5.85. The highest BCUT2D eigenvalue weighted by Crippen LogP contribution is 2.23. The summed E-state index contributed by atoms with van der Waals surface area (Å²) in [5.41, 5.74) is 4.07. The second kappa shape index (κ2) is 8.68. The fourth-order valence-electron chi connectivity index (χ4n) is 3.16. The van der Waals surface area contributed by atoms with E-state index in [2.05, 4.69) is 50.0 Å². The van der Waals surface area contributed by atoms with Crippen molar-refractivity contribution < 1.29 is 4.39 Å². The van der Waals surface area contributed by atoms with Gasteiger partial charge < -0.3 is 0 Å². The Bertz CT molecular complexity index is 940. The van der Waals surface area contributed by atoms with Gasteiger partial charge in [-0.2, -0.15) is 0 Å². The van der Waals surface area contributed by atoms with Crippen LogP contribution >= 0.6 is 0 Å². The minimum atomic E-state index is -0.0815. The molecule has 0 aliphatic carbocycles. The van der Waals surface area contributed by atoms with Crippen molar-refractivity contribution in [3.05, 3.63) is 82.7 Å². The molecule has 3 rings (SSSR count). The van der Waals surface area contributed by atoms with Crippen LogP contribution in [0.2, 0.25) is 0 Å². The SMILES string of the molecule is CCCCc1ccc2cc(C#Cc3ccc(CCC)cc3)ccc2c1F. The number of hydrogen-bond acceptors (Lipinski definition) is 0. The van der Waals surface area contributed by atoms with Gasteiger partial charge in [0.25, 0.3) is 0 Å². The Morgan fingerprint density at radius 1 is 0.769 bits per heavy atom. The third kappa shape index (κ3) is 4.33. The lowest BCUT2D eigenvalue weighted by atomic mass is 10.0. The fourth-order valence-corrected chi connectivity index (χ4v) is 3.16. The molecule has 26 heavy (non-hydrogen) atoms. The molecule has 0 atom stereocenters. The average molecular weight is 344 g/mol. The fraction of sp³-hybridized carbons (Fsp3) is 0.280. The monoisotopic (exact) mass is 344 g/mol. The molecule has 0 aromatic heterocycles. The first kappa shape index (κ1) is 18.2. The van der Waals surface area contributed by atoms with E-state index < -0.39 is 0 Å². The van der Waals surface area contributed by atoms with Gasteiger partial charge in [0, 0.05) is 16.5 Å². The lowest BCUT2D eigenvalue weighted by Crippen LogP contribution is -1.92. The van der Waals surface area contributed by atoms with Gasteiger partial charge in [0.05, 0.1) is 0 Å². The molecule has 0 saturated heterocycles. The first-order valence-corrected chi connectivity index (χ1v) is 9.53. The average Bonchev–Trinajstić information content (AvgIpc) is 2.67. The molecule has 1 heteroatoms. The van der Waals surface area contributed by atoms with Gasteiger partial charge in [-0.25, -0.2) is 4.39 Å². The molecule has 0 N–H and O–H groups in total. The number of halogens is 1. The number of rotatable bonds is 5. The van der Waals surface area contributed by atoms with Gasteiger partial charge in [-0.1, -0.05) is 68.9 Å². The maximum atomic E-state index is 14.6. The maximum Gasteiger partial charge on any atom is 0.134 e. The zero-order valence-electron chi connectivity index (χ0n) is 15.6. The van der Waals surface area contributed by atoms with Crippen molar-refractivity contribution in [2.45, 2.75) is 46.0 Å². The molecule has 0 heterocycles. The summed E-state index contributed by atoms with van der Waals surface area (Å²) in [5, 5.41) is 1.60. The normalized spacial score (nSPS) is 10.6. The first-order valence-electron chi connectivity index (χ1n) is 9.53. The summed E-state index contributed by atoms with van der Waals surface area (Å²) in [6.45, 7) is 4.31. The molecule has 0 radical (unpaired) electrons. The maximum absolute atomic E-state index is 14.6. The smallest absolute Gasteiger partial charge is 0.134 e. The Kier molecular flexibility index (Phi) is 6.08. The summed E-state index contributed by atoms with van der Waals surface area (Å²) in [5.74, 6) is 6.32. The Morgan fingerprint density at radius 3 is 2.23 bits per heavy atom. The first-order chi connectivity index (χ1) is 12.7. The van der Waals surface area contributed by atoms with Crippen molar-refractivity contribution in [2.75, 3.05) is 0 Å². The molecule has 0 fully saturated rings. The van der Waals surface area contributed by atoms with Crippen LogP contribution in [0, 0.1) is 17.7 Å². The van der Waals surface area contributed by atoms with Gasteiger partial charge in [0.15, 0.2) is 0 Å². The van der Waals surface area contributed by atoms with Crippen molar-refractivity contribution in [1.82, 2.24) is 0 Å². The van der Waals surface area contributed by atoms with Gasteiger partial charge in [-0.15, -0.1) is 0 Å². The summed E-state index contributed by atoms with van der Waals surface area (Å²) in [6.07, 6.45) is 5.14. The number of unbranched alkanes of at least 4 members (excludes halogenated alkanes) is 1. The van der Waals surface area contributed by atoms with Crippen molar-refractivity contribution >= 4 is 10.8 Å². The van der Waals surface area contributed by atoms with E-state index in [9.17, 15) is 4.39 Å². The molecule has 0 unspecified atom stereocenters. The van der Waals surface area contributed by atoms with Crippen LogP contribution in [0.5, 0.6) is 0 Å². The third-order valence-electron chi connectivity index (χ3n) is 4.68. The van der Waals surface area contributed by atoms with E-state index in [4.69, 9.17) is 0 Å². The van der Waals surface area contributed by atoms with Crippen LogP contribution in [0.15, 0.2) is 54.6 Å². The van der Waals surface area contributed by atoms with Crippen LogP contribution in [-0.2, 0) is 12.8 Å². The van der Waals surface area contributed by atoms with Crippen LogP contribution in [0.3, 0.4) is 0 Å². The minimum absolute atomic E-state index is 0.0815. The Balaban J connectivity index is 1.83. The van der Waals surface area contributed by atoms with Crippen LogP contribution < -0.4 is 0 Å². The molecule has 132 valence electrons. The van der Waals surface area contributed by atoms with E-state index in [-0.39, 0.29) is 5.82 Å². The zero-order chi connectivity index (χ0) is 18.4. The van der Waals surface area contributed by atoms with E-state index >= 15 is 0 Å². The summed E-state index contributed by atoms with van der Waals surface area (Å²) in [6, 6.07) is 18.1. The zero-order valence-corrected chi connectivity index (χ0v) is 15.6. The molecule has 3 aromatic rings. The van der Waals surface area contributed by atoms with Gasteiger partial charge >= 0.3 is 0 Å². The number of fused-ring (bicyclic) bond motifs is 1. The van der Waals surface area contributed by atoms with Crippen molar-refractivity contribution in [3.63, 3.8) is 0 Å². The standard InChI is InChI=1S/C25H25F/c1-3-5-7-22-15-16-23-18-21(14-17-24(23)25(22)26)13-12-20-10-8-19(6-4-2)9-11-20/h8-11,14-18H,3-7H2,1-2H3. The van der Waals surface area contributed by atoms with Crippen LogP contribution in [0.4, 0.5) is 4.39 Å². The van der Waals surface area contributed by atoms with Gasteiger partial charge in [-0.05, 0) is 60.0 Å². The second-order valence-corrected chi connectivity index (χ2v) is 6.78. The largest absolute Gasteiger partial charge is 0.206 e. The van der Waals surface area contributed by atoms with Gasteiger partial charge in [-0.3, -0.25) is 0 Å². The summed E-state index contributed by atoms with van der Waals surface area (Å²) < 4.78 is 14.6. The highest BCUT2D eigenvalue weighted by Gasteiger charge is 2.07. The minimum Gasteiger partial charge on any atom is -0.206 e. The lowest BCUT2D eigenvalue weighted by Gasteiger charge is -2.06. The molecule has 0 aliphatic heterocycles. The summed E-state index contributed by atoms with van der Waals surface area (Å²) >= 11 is 0. The van der Waals surface area contributed by atoms with E-state index in [1.807, 2.05) is 30.3 Å². The molecule has 0 spiro atoms. The Labute approximate surface area is 156 Å². The predicted molar refractivity (Wildman–Crippen MR) is 109 cm³/mol. The van der Waals surface area contributed by atoms with Crippen molar-refractivity contribution in [2.24, 2.45) is 0 Å². The van der Waals surface area contributed by atoms with E-state index in [1.165, 1.54) is 5.56 Å². The topological polar surface area (TPSA) is 0 Å². The van der Waals surface area contributed by atoms with E-state index in [1.54, 1.807) is 0 Å². The van der Waals surface area contributed by atoms with Crippen LogP contribution in [-0.4, -0.2) is 0 Å². The molecule has 3 aromatic carbocycles.